The highest BCUT2D eigenvalue weighted by molar-refractivity contribution is 5.86. The van der Waals surface area contributed by atoms with Crippen molar-refractivity contribution in [1.29, 1.82) is 0 Å². The number of carbonyl (C=O) groups excluding carboxylic acids is 2. The van der Waals surface area contributed by atoms with Crippen LogP contribution in [-0.2, 0) is 9.59 Å². The molecule has 0 unspecified atom stereocenters. The number of hydrogen-bond acceptors (Lipinski definition) is 3. The van der Waals surface area contributed by atoms with Gasteiger partial charge in [0.2, 0.25) is 11.8 Å². The van der Waals surface area contributed by atoms with E-state index in [1.54, 1.807) is 0 Å². The van der Waals surface area contributed by atoms with Gasteiger partial charge in [-0.1, -0.05) is 66.3 Å². The second-order valence-electron chi connectivity index (χ2n) is 9.92. The average molecular weight is 418 g/mol. The fourth-order valence-corrected chi connectivity index (χ4v) is 3.37. The quantitative estimate of drug-likeness (QED) is 0.398. The fraction of sp³-hybridized carbons (Fsp3) is 0.600. The molecule has 30 heavy (non-hydrogen) atoms. The van der Waals surface area contributed by atoms with Gasteiger partial charge in [0.05, 0.1) is 0 Å². The van der Waals surface area contributed by atoms with Gasteiger partial charge < -0.3 is 16.0 Å². The van der Waals surface area contributed by atoms with Gasteiger partial charge in [0.15, 0.2) is 0 Å². The van der Waals surface area contributed by atoms with E-state index in [2.05, 4.69) is 36.4 Å². The maximum atomic E-state index is 12.9. The smallest absolute Gasteiger partial charge is 0.230 e. The molecule has 0 heterocycles. The highest BCUT2D eigenvalue weighted by atomic mass is 16.2. The zero-order valence-corrected chi connectivity index (χ0v) is 20.5. The Kier molecular flexibility index (Phi) is 10.9. The molecule has 0 saturated heterocycles. The molecule has 0 aliphatic carbocycles. The Morgan fingerprint density at radius 1 is 0.933 bits per heavy atom. The van der Waals surface area contributed by atoms with Crippen LogP contribution >= 0.6 is 0 Å². The second kappa shape index (κ2) is 11.8. The second-order valence-corrected chi connectivity index (χ2v) is 9.92. The first-order chi connectivity index (χ1) is 13.7. The third-order valence-electron chi connectivity index (χ3n) is 4.96. The van der Waals surface area contributed by atoms with Crippen LogP contribution in [0.15, 0.2) is 48.4 Å². The Hall–Kier alpha value is -2.30. The third-order valence-corrected chi connectivity index (χ3v) is 4.96. The van der Waals surface area contributed by atoms with Crippen molar-refractivity contribution in [2.75, 3.05) is 13.6 Å². The Morgan fingerprint density at radius 3 is 2.00 bits per heavy atom. The molecule has 0 aromatic rings. The lowest BCUT2D eigenvalue weighted by Crippen LogP contribution is -2.46. The van der Waals surface area contributed by atoms with Gasteiger partial charge in [-0.3, -0.25) is 9.59 Å². The van der Waals surface area contributed by atoms with Gasteiger partial charge >= 0.3 is 0 Å². The molecule has 5 heteroatoms. The molecule has 3 N–H and O–H groups in total. The maximum absolute atomic E-state index is 12.9. The molecular formula is C25H43N3O2. The molecule has 0 aromatic carbocycles. The minimum Gasteiger partial charge on any atom is -0.392 e. The molecule has 0 saturated carbocycles. The largest absolute Gasteiger partial charge is 0.392 e. The van der Waals surface area contributed by atoms with E-state index in [0.717, 1.165) is 17.8 Å². The van der Waals surface area contributed by atoms with Crippen LogP contribution in [-0.4, -0.2) is 25.4 Å². The Balaban J connectivity index is 5.14. The lowest BCUT2D eigenvalue weighted by molar-refractivity contribution is -0.135. The molecule has 0 atom stereocenters. The lowest BCUT2D eigenvalue weighted by Gasteiger charge is -2.34. The van der Waals surface area contributed by atoms with E-state index < -0.39 is 10.8 Å². The number of amides is 2. The summed E-state index contributed by atoms with van der Waals surface area (Å²) in [6, 6.07) is 0. The van der Waals surface area contributed by atoms with E-state index in [1.165, 1.54) is 0 Å². The van der Waals surface area contributed by atoms with Crippen molar-refractivity contribution in [3.8, 4) is 0 Å². The third kappa shape index (κ3) is 9.95. The van der Waals surface area contributed by atoms with E-state index >= 15 is 0 Å². The SMILES string of the molecule is C=C(CC(C)(C)CNC(=O)C(C)(C)CC(C)(C)C(=O)NC(/C=C\C)=C/C=C\C)NC. The molecule has 170 valence electrons. The summed E-state index contributed by atoms with van der Waals surface area (Å²) in [5.41, 5.74) is 0.146. The number of allylic oxidation sites excluding steroid dienone is 6. The van der Waals surface area contributed by atoms with Crippen LogP contribution < -0.4 is 16.0 Å². The monoisotopic (exact) mass is 417 g/mol. The highest BCUT2D eigenvalue weighted by Gasteiger charge is 2.39. The Morgan fingerprint density at radius 2 is 1.50 bits per heavy atom. The lowest BCUT2D eigenvalue weighted by atomic mass is 9.73. The van der Waals surface area contributed by atoms with Gasteiger partial charge in [-0.05, 0) is 44.3 Å². The average Bonchev–Trinajstić information content (AvgIpc) is 2.62. The first-order valence-corrected chi connectivity index (χ1v) is 10.6. The molecule has 0 aromatic heterocycles. The van der Waals surface area contributed by atoms with Crippen LogP contribution in [0.25, 0.3) is 0 Å². The van der Waals surface area contributed by atoms with Crippen molar-refractivity contribution < 1.29 is 9.59 Å². The van der Waals surface area contributed by atoms with Crippen molar-refractivity contribution in [1.82, 2.24) is 16.0 Å². The molecule has 2 amide bonds. The van der Waals surface area contributed by atoms with Gasteiger partial charge in [0, 0.05) is 35.8 Å². The van der Waals surface area contributed by atoms with Gasteiger partial charge in [0.1, 0.15) is 0 Å². The number of hydrogen-bond donors (Lipinski definition) is 3. The summed E-state index contributed by atoms with van der Waals surface area (Å²) in [4.78, 5) is 25.8. The van der Waals surface area contributed by atoms with Crippen molar-refractivity contribution in [2.24, 2.45) is 16.2 Å². The Bertz CT molecular complexity index is 695. The topological polar surface area (TPSA) is 70.2 Å². The van der Waals surface area contributed by atoms with Crippen molar-refractivity contribution in [3.63, 3.8) is 0 Å². The predicted molar refractivity (Wildman–Crippen MR) is 128 cm³/mol. The molecule has 0 fully saturated rings. The molecule has 5 nitrogen and oxygen atoms in total. The minimum absolute atomic E-state index is 0.0512. The van der Waals surface area contributed by atoms with Crippen molar-refractivity contribution in [2.45, 2.75) is 68.2 Å². The first-order valence-electron chi connectivity index (χ1n) is 10.6. The maximum Gasteiger partial charge on any atom is 0.230 e. The summed E-state index contributed by atoms with van der Waals surface area (Å²) in [5.74, 6) is -0.160. The van der Waals surface area contributed by atoms with E-state index in [9.17, 15) is 9.59 Å². The summed E-state index contributed by atoms with van der Waals surface area (Å²) in [5, 5.41) is 9.10. The standard InChI is InChI=1S/C25H43N3O2/c1-11-13-15-20(14-12-2)28-22(30)25(8,9)17-24(6,7)21(29)27-18-23(4,5)16-19(3)26-10/h11-15,26H,3,16-18H2,1-2,4-10H3,(H,27,29)(H,28,30)/b13-11-,14-12-,20-15+. The minimum atomic E-state index is -0.715. The van der Waals surface area contributed by atoms with Crippen LogP contribution in [0.5, 0.6) is 0 Å². The van der Waals surface area contributed by atoms with E-state index in [0.29, 0.717) is 13.0 Å². The van der Waals surface area contributed by atoms with Gasteiger partial charge in [-0.15, -0.1) is 0 Å². The molecule has 0 rings (SSSR count). The molecule has 0 bridgehead atoms. The summed E-state index contributed by atoms with van der Waals surface area (Å²) in [7, 11) is 1.85. The van der Waals surface area contributed by atoms with Crippen molar-refractivity contribution in [3.05, 3.63) is 48.4 Å². The van der Waals surface area contributed by atoms with E-state index in [-0.39, 0.29) is 17.2 Å². The van der Waals surface area contributed by atoms with Gasteiger partial charge in [-0.2, -0.15) is 0 Å². The van der Waals surface area contributed by atoms with Crippen LogP contribution in [0, 0.1) is 16.2 Å². The Labute approximate surface area is 184 Å². The summed E-state index contributed by atoms with van der Waals surface area (Å²) in [6.07, 6.45) is 10.6. The fourth-order valence-electron chi connectivity index (χ4n) is 3.37. The van der Waals surface area contributed by atoms with Crippen LogP contribution in [0.3, 0.4) is 0 Å². The molecule has 0 spiro atoms. The van der Waals surface area contributed by atoms with Crippen molar-refractivity contribution >= 4 is 11.8 Å². The van der Waals surface area contributed by atoms with E-state index in [1.807, 2.05) is 79.0 Å². The number of rotatable bonds is 12. The van der Waals surface area contributed by atoms with Gasteiger partial charge in [-0.25, -0.2) is 0 Å². The van der Waals surface area contributed by atoms with Crippen LogP contribution in [0.4, 0.5) is 0 Å². The van der Waals surface area contributed by atoms with E-state index in [4.69, 9.17) is 0 Å². The molecule has 0 aliphatic rings. The number of carbonyl (C=O) groups is 2. The zero-order valence-electron chi connectivity index (χ0n) is 20.5. The van der Waals surface area contributed by atoms with Gasteiger partial charge in [0.25, 0.3) is 0 Å². The summed E-state index contributed by atoms with van der Waals surface area (Å²) < 4.78 is 0. The molecule has 0 aliphatic heterocycles. The summed E-state index contributed by atoms with van der Waals surface area (Å²) in [6.45, 7) is 20.1. The predicted octanol–water partition coefficient (Wildman–Crippen LogP) is 4.85. The van der Waals surface area contributed by atoms with Crippen LogP contribution in [0.1, 0.15) is 68.2 Å². The van der Waals surface area contributed by atoms with Crippen LogP contribution in [0.2, 0.25) is 0 Å². The normalized spacial score (nSPS) is 13.6. The molecular weight excluding hydrogens is 374 g/mol. The molecule has 0 radical (unpaired) electrons. The first kappa shape index (κ1) is 27.7. The highest BCUT2D eigenvalue weighted by Crippen LogP contribution is 2.35. The zero-order chi connectivity index (χ0) is 23.6. The number of nitrogens with one attached hydrogen (secondary N) is 3. The summed E-state index contributed by atoms with van der Waals surface area (Å²) >= 11 is 0.